The summed E-state index contributed by atoms with van der Waals surface area (Å²) < 4.78 is 1.19. The van der Waals surface area contributed by atoms with Gasteiger partial charge < -0.3 is 5.73 Å². The molecule has 9 heteroatoms. The fourth-order valence-corrected chi connectivity index (χ4v) is 4.73. The second-order valence-electron chi connectivity index (χ2n) is 6.04. The van der Waals surface area contributed by atoms with E-state index in [2.05, 4.69) is 15.1 Å². The predicted molar refractivity (Wildman–Crippen MR) is 101 cm³/mol. The molecule has 130 valence electrons. The molecule has 0 spiro atoms. The molecule has 0 unspecified atom stereocenters. The van der Waals surface area contributed by atoms with E-state index in [1.165, 1.54) is 40.6 Å². The largest absolute Gasteiger partial charge is 0.383 e. The topological polar surface area (TPSA) is 86.7 Å². The van der Waals surface area contributed by atoms with Crippen molar-refractivity contribution < 1.29 is 0 Å². The monoisotopic (exact) mass is 395 g/mol. The first-order valence-electron chi connectivity index (χ1n) is 8.02. The van der Waals surface area contributed by atoms with E-state index < -0.39 is 5.56 Å². The molecular formula is C16H15Cl2N5OS. The fraction of sp³-hybridized carbons (Fsp3) is 0.375. The van der Waals surface area contributed by atoms with Crippen molar-refractivity contribution in [3.05, 3.63) is 42.9 Å². The molecular weight excluding hydrogens is 381 g/mol. The Hall–Kier alpha value is -1.70. The number of anilines is 1. The number of nitrogen functional groups attached to an aromatic ring is 1. The molecule has 0 radical (unpaired) electrons. The van der Waals surface area contributed by atoms with Gasteiger partial charge in [0.1, 0.15) is 22.2 Å². The number of rotatable bonds is 2. The Kier molecular flexibility index (Phi) is 4.39. The average Bonchev–Trinajstić information content (AvgIpc) is 2.77. The number of nitrogens with zero attached hydrogens (tertiary/aromatic N) is 4. The second-order valence-corrected chi connectivity index (χ2v) is 7.91. The minimum atomic E-state index is -0.474. The molecule has 0 saturated carbocycles. The van der Waals surface area contributed by atoms with Crippen molar-refractivity contribution in [1.29, 1.82) is 0 Å². The zero-order valence-corrected chi connectivity index (χ0v) is 15.6. The van der Waals surface area contributed by atoms with E-state index >= 15 is 0 Å². The highest BCUT2D eigenvalue weighted by atomic mass is 35.5. The van der Waals surface area contributed by atoms with Crippen LogP contribution in [0.5, 0.6) is 0 Å². The highest BCUT2D eigenvalue weighted by Crippen LogP contribution is 2.37. The van der Waals surface area contributed by atoms with Crippen LogP contribution in [0, 0.1) is 0 Å². The van der Waals surface area contributed by atoms with Gasteiger partial charge in [0.05, 0.1) is 16.6 Å². The Morgan fingerprint density at radius 3 is 2.84 bits per heavy atom. The van der Waals surface area contributed by atoms with Crippen LogP contribution in [0.15, 0.2) is 11.0 Å². The number of hydrogen-bond donors (Lipinski definition) is 1. The van der Waals surface area contributed by atoms with Crippen molar-refractivity contribution in [3.8, 4) is 0 Å². The van der Waals surface area contributed by atoms with Crippen molar-refractivity contribution in [1.82, 2.24) is 19.7 Å². The molecule has 2 N–H and O–H groups in total. The summed E-state index contributed by atoms with van der Waals surface area (Å²) in [5.74, 6) is 0.905. The van der Waals surface area contributed by atoms with Crippen molar-refractivity contribution >= 4 is 50.6 Å². The van der Waals surface area contributed by atoms with Gasteiger partial charge in [-0.1, -0.05) is 29.6 Å². The van der Waals surface area contributed by atoms with Gasteiger partial charge in [-0.3, -0.25) is 4.79 Å². The van der Waals surface area contributed by atoms with Gasteiger partial charge in [0.25, 0.3) is 5.56 Å². The molecule has 3 aromatic rings. The highest BCUT2D eigenvalue weighted by molar-refractivity contribution is 7.19. The molecule has 6 nitrogen and oxygen atoms in total. The van der Waals surface area contributed by atoms with Gasteiger partial charge in [-0.05, 0) is 31.2 Å². The lowest BCUT2D eigenvalue weighted by molar-refractivity contribution is 0.617. The third-order valence-electron chi connectivity index (χ3n) is 4.37. The third kappa shape index (κ3) is 3.01. The lowest BCUT2D eigenvalue weighted by atomic mass is 10.1. The Morgan fingerprint density at radius 2 is 2.00 bits per heavy atom. The number of aromatic nitrogens is 4. The molecule has 1 aliphatic carbocycles. The van der Waals surface area contributed by atoms with Gasteiger partial charge in [-0.15, -0.1) is 11.3 Å². The Bertz CT molecular complexity index is 1030. The molecule has 1 aliphatic rings. The minimum Gasteiger partial charge on any atom is -0.383 e. The zero-order chi connectivity index (χ0) is 17.6. The summed E-state index contributed by atoms with van der Waals surface area (Å²) in [7, 11) is 0. The van der Waals surface area contributed by atoms with E-state index in [9.17, 15) is 4.79 Å². The zero-order valence-electron chi connectivity index (χ0n) is 13.3. The van der Waals surface area contributed by atoms with Crippen LogP contribution < -0.4 is 11.3 Å². The molecule has 0 bridgehead atoms. The van der Waals surface area contributed by atoms with Crippen LogP contribution in [-0.2, 0) is 19.4 Å². The van der Waals surface area contributed by atoms with Crippen molar-refractivity contribution in [2.45, 2.75) is 38.6 Å². The molecule has 0 atom stereocenters. The SMILES string of the molecule is Nc1nc(Cn2ncc(Cl)c(Cl)c2=O)nc2sc3c(c12)CCCCC3. The van der Waals surface area contributed by atoms with Crippen molar-refractivity contribution in [2.75, 3.05) is 5.73 Å². The van der Waals surface area contributed by atoms with Gasteiger partial charge in [0.15, 0.2) is 5.82 Å². The fourth-order valence-electron chi connectivity index (χ4n) is 3.17. The third-order valence-corrected chi connectivity index (χ3v) is 6.31. The lowest BCUT2D eigenvalue weighted by Gasteiger charge is -2.07. The van der Waals surface area contributed by atoms with Crippen LogP contribution in [0.3, 0.4) is 0 Å². The first kappa shape index (κ1) is 16.8. The second kappa shape index (κ2) is 6.55. The maximum atomic E-state index is 12.1. The maximum absolute atomic E-state index is 12.1. The lowest BCUT2D eigenvalue weighted by Crippen LogP contribution is -2.24. The van der Waals surface area contributed by atoms with Gasteiger partial charge in [0, 0.05) is 4.88 Å². The quantitative estimate of drug-likeness (QED) is 0.671. The summed E-state index contributed by atoms with van der Waals surface area (Å²) in [5.41, 5.74) is 7.05. The number of thiophene rings is 1. The Morgan fingerprint density at radius 1 is 1.20 bits per heavy atom. The minimum absolute atomic E-state index is 0.0615. The van der Waals surface area contributed by atoms with E-state index in [0.29, 0.717) is 11.6 Å². The molecule has 3 aromatic heterocycles. The number of halogens is 2. The van der Waals surface area contributed by atoms with Crippen LogP contribution in [0.4, 0.5) is 5.82 Å². The van der Waals surface area contributed by atoms with E-state index in [4.69, 9.17) is 28.9 Å². The van der Waals surface area contributed by atoms with Crippen LogP contribution in [0.2, 0.25) is 10.0 Å². The summed E-state index contributed by atoms with van der Waals surface area (Å²) in [5, 5.41) is 5.03. The summed E-state index contributed by atoms with van der Waals surface area (Å²) in [4.78, 5) is 23.4. The molecule has 0 aliphatic heterocycles. The van der Waals surface area contributed by atoms with E-state index in [1.807, 2.05) is 0 Å². The van der Waals surface area contributed by atoms with E-state index in [1.54, 1.807) is 11.3 Å². The number of aryl methyl sites for hydroxylation is 2. The average molecular weight is 396 g/mol. The van der Waals surface area contributed by atoms with Crippen LogP contribution in [0.25, 0.3) is 10.2 Å². The Balaban J connectivity index is 1.77. The summed E-state index contributed by atoms with van der Waals surface area (Å²) in [6.07, 6.45) is 7.04. The van der Waals surface area contributed by atoms with E-state index in [-0.39, 0.29) is 16.6 Å². The first-order chi connectivity index (χ1) is 12.0. The van der Waals surface area contributed by atoms with Crippen molar-refractivity contribution in [2.24, 2.45) is 0 Å². The van der Waals surface area contributed by atoms with Gasteiger partial charge in [0.2, 0.25) is 0 Å². The molecule has 0 fully saturated rings. The van der Waals surface area contributed by atoms with E-state index in [0.717, 1.165) is 23.1 Å². The predicted octanol–water partition coefficient (Wildman–Crippen LogP) is 3.45. The maximum Gasteiger partial charge on any atom is 0.287 e. The highest BCUT2D eigenvalue weighted by Gasteiger charge is 2.19. The number of hydrogen-bond acceptors (Lipinski definition) is 6. The standard InChI is InChI=1S/C16H15Cl2N5OS/c17-9-6-20-23(16(24)13(9)18)7-11-21-14(19)12-8-4-2-1-3-5-10(8)25-15(12)22-11/h6H,1-5,7H2,(H2,19,21,22). The first-order valence-corrected chi connectivity index (χ1v) is 9.59. The molecule has 25 heavy (non-hydrogen) atoms. The smallest absolute Gasteiger partial charge is 0.287 e. The normalized spacial score (nSPS) is 14.5. The van der Waals surface area contributed by atoms with Gasteiger partial charge >= 0.3 is 0 Å². The van der Waals surface area contributed by atoms with Crippen LogP contribution in [-0.4, -0.2) is 19.7 Å². The molecule has 0 aromatic carbocycles. The number of nitrogens with two attached hydrogens (primary N) is 1. The summed E-state index contributed by atoms with van der Waals surface area (Å²) in [6.45, 7) is 0.0957. The molecule has 0 amide bonds. The Labute approximate surface area is 157 Å². The summed E-state index contributed by atoms with van der Waals surface area (Å²) in [6, 6.07) is 0. The van der Waals surface area contributed by atoms with Crippen LogP contribution in [0.1, 0.15) is 35.5 Å². The van der Waals surface area contributed by atoms with Gasteiger partial charge in [-0.2, -0.15) is 5.10 Å². The van der Waals surface area contributed by atoms with Crippen molar-refractivity contribution in [3.63, 3.8) is 0 Å². The molecule has 0 saturated heterocycles. The molecule has 3 heterocycles. The van der Waals surface area contributed by atoms with Crippen LogP contribution >= 0.6 is 34.5 Å². The summed E-state index contributed by atoms with van der Waals surface area (Å²) >= 11 is 13.4. The molecule has 4 rings (SSSR count). The van der Waals surface area contributed by atoms with Gasteiger partial charge in [-0.25, -0.2) is 14.6 Å². The number of fused-ring (bicyclic) bond motifs is 3.